The van der Waals surface area contributed by atoms with Crippen molar-refractivity contribution in [1.82, 2.24) is 10.3 Å². The van der Waals surface area contributed by atoms with Crippen molar-refractivity contribution in [3.8, 4) is 11.6 Å². The Hall–Kier alpha value is -3.33. The molecule has 4 rings (SSSR count). The summed E-state index contributed by atoms with van der Waals surface area (Å²) >= 11 is 0. The highest BCUT2D eigenvalue weighted by atomic mass is 16.5. The number of benzene rings is 1. The van der Waals surface area contributed by atoms with Crippen molar-refractivity contribution >= 4 is 17.8 Å². The van der Waals surface area contributed by atoms with Crippen LogP contribution in [0.25, 0.3) is 0 Å². The number of hydrogen-bond donors (Lipinski definition) is 3. The smallest absolute Gasteiger partial charge is 0.414 e. The molecule has 2 aliphatic rings. The number of carboxylic acid groups (broad SMARTS) is 2. The Balaban J connectivity index is 0.000000481. The standard InChI is InChI=1S/C23H31N3O2.C2H2O4/c1-27-21-11-12-22(25-23(21)28-20-9-5-6-10-20)26(19-13-15-24-16-14-19)17-18-7-3-2-4-8-18;3-1(4)2(5)6/h2-4,7-8,11-12,19-20,24H,5-6,9-10,13-17H2,1H3;(H,3,4)(H,5,6). The molecule has 9 heteroatoms. The molecule has 1 aromatic heterocycles. The number of aromatic nitrogens is 1. The number of carbonyl (C=O) groups is 2. The molecule has 0 atom stereocenters. The topological polar surface area (TPSA) is 121 Å². The zero-order chi connectivity index (χ0) is 24.3. The third-order valence-electron chi connectivity index (χ3n) is 6.03. The Kier molecular flexibility index (Phi) is 9.51. The van der Waals surface area contributed by atoms with Gasteiger partial charge in [-0.05, 0) is 69.3 Å². The molecule has 2 fully saturated rings. The molecule has 1 aliphatic carbocycles. The predicted octanol–water partition coefficient (Wildman–Crippen LogP) is 3.33. The Bertz CT molecular complexity index is 916. The van der Waals surface area contributed by atoms with Crippen molar-refractivity contribution in [3.63, 3.8) is 0 Å². The van der Waals surface area contributed by atoms with E-state index in [1.165, 1.54) is 18.4 Å². The number of rotatable bonds is 7. The Morgan fingerprint density at radius 3 is 2.24 bits per heavy atom. The number of ether oxygens (including phenoxy) is 2. The number of carboxylic acids is 2. The molecular weight excluding hydrogens is 438 g/mol. The van der Waals surface area contributed by atoms with E-state index < -0.39 is 11.9 Å². The average Bonchev–Trinajstić information content (AvgIpc) is 3.37. The molecule has 34 heavy (non-hydrogen) atoms. The second-order valence-corrected chi connectivity index (χ2v) is 8.41. The van der Waals surface area contributed by atoms with Crippen LogP contribution < -0.4 is 19.7 Å². The van der Waals surface area contributed by atoms with Crippen LogP contribution in [0.4, 0.5) is 5.82 Å². The molecular formula is C25H33N3O6. The van der Waals surface area contributed by atoms with Crippen LogP contribution >= 0.6 is 0 Å². The van der Waals surface area contributed by atoms with Crippen LogP contribution in [-0.2, 0) is 16.1 Å². The van der Waals surface area contributed by atoms with Gasteiger partial charge in [-0.25, -0.2) is 9.59 Å². The molecule has 2 aromatic rings. The van der Waals surface area contributed by atoms with Gasteiger partial charge in [0, 0.05) is 12.6 Å². The summed E-state index contributed by atoms with van der Waals surface area (Å²) in [5.74, 6) is -1.31. The summed E-state index contributed by atoms with van der Waals surface area (Å²) in [6.45, 7) is 2.96. The lowest BCUT2D eigenvalue weighted by molar-refractivity contribution is -0.159. The fourth-order valence-corrected chi connectivity index (χ4v) is 4.28. The monoisotopic (exact) mass is 471 g/mol. The van der Waals surface area contributed by atoms with E-state index in [1.54, 1.807) is 7.11 Å². The van der Waals surface area contributed by atoms with E-state index in [0.29, 0.717) is 11.9 Å². The number of hydrogen-bond acceptors (Lipinski definition) is 7. The zero-order valence-corrected chi connectivity index (χ0v) is 19.5. The highest BCUT2D eigenvalue weighted by molar-refractivity contribution is 6.27. The van der Waals surface area contributed by atoms with Crippen LogP contribution in [0.15, 0.2) is 42.5 Å². The maximum absolute atomic E-state index is 9.10. The number of nitrogens with zero attached hydrogens (tertiary/aromatic N) is 2. The van der Waals surface area contributed by atoms with Crippen LogP contribution in [0.3, 0.4) is 0 Å². The van der Waals surface area contributed by atoms with Crippen molar-refractivity contribution in [2.45, 2.75) is 57.2 Å². The molecule has 0 unspecified atom stereocenters. The number of methoxy groups -OCH3 is 1. The lowest BCUT2D eigenvalue weighted by Crippen LogP contribution is -2.43. The van der Waals surface area contributed by atoms with Crippen LogP contribution in [0.5, 0.6) is 11.6 Å². The van der Waals surface area contributed by atoms with Gasteiger partial charge in [-0.3, -0.25) is 0 Å². The lowest BCUT2D eigenvalue weighted by atomic mass is 10.0. The first-order valence-electron chi connectivity index (χ1n) is 11.7. The van der Waals surface area contributed by atoms with Crippen molar-refractivity contribution in [2.24, 2.45) is 0 Å². The van der Waals surface area contributed by atoms with Gasteiger partial charge >= 0.3 is 11.9 Å². The Labute approximate surface area is 199 Å². The molecule has 0 spiro atoms. The van der Waals surface area contributed by atoms with Crippen LogP contribution in [0, 0.1) is 0 Å². The van der Waals surface area contributed by atoms with Gasteiger partial charge < -0.3 is 29.9 Å². The van der Waals surface area contributed by atoms with Gasteiger partial charge in [0.05, 0.1) is 7.11 Å². The molecule has 1 saturated carbocycles. The Morgan fingerprint density at radius 2 is 1.65 bits per heavy atom. The molecule has 1 aliphatic heterocycles. The SMILES string of the molecule is COc1ccc(N(Cc2ccccc2)C2CCNCC2)nc1OC1CCCC1.O=C(O)C(=O)O. The first-order valence-corrected chi connectivity index (χ1v) is 11.7. The highest BCUT2D eigenvalue weighted by Gasteiger charge is 2.25. The Morgan fingerprint density at radius 1 is 1.00 bits per heavy atom. The summed E-state index contributed by atoms with van der Waals surface area (Å²) in [6, 6.07) is 15.2. The van der Waals surface area contributed by atoms with Crippen LogP contribution in [0.1, 0.15) is 44.1 Å². The first-order chi connectivity index (χ1) is 16.5. The molecule has 9 nitrogen and oxygen atoms in total. The number of piperidine rings is 1. The van der Waals surface area contributed by atoms with Gasteiger partial charge in [-0.2, -0.15) is 4.98 Å². The fraction of sp³-hybridized carbons (Fsp3) is 0.480. The normalized spacial score (nSPS) is 16.3. The van der Waals surface area contributed by atoms with Gasteiger partial charge in [0.2, 0.25) is 0 Å². The maximum atomic E-state index is 9.10. The summed E-state index contributed by atoms with van der Waals surface area (Å²) in [4.78, 5) is 25.6. The summed E-state index contributed by atoms with van der Waals surface area (Å²) < 4.78 is 11.8. The van der Waals surface area contributed by atoms with Gasteiger partial charge in [-0.1, -0.05) is 30.3 Å². The van der Waals surface area contributed by atoms with Gasteiger partial charge in [0.1, 0.15) is 11.9 Å². The second kappa shape index (κ2) is 12.8. The number of nitrogens with one attached hydrogen (secondary N) is 1. The minimum Gasteiger partial charge on any atom is -0.491 e. The molecule has 184 valence electrons. The quantitative estimate of drug-likeness (QED) is 0.522. The second-order valence-electron chi connectivity index (χ2n) is 8.41. The molecule has 0 amide bonds. The van der Waals surface area contributed by atoms with Gasteiger partial charge in [0.25, 0.3) is 5.88 Å². The molecule has 0 bridgehead atoms. The molecule has 1 aromatic carbocycles. The van der Waals surface area contributed by atoms with Crippen LogP contribution in [0.2, 0.25) is 0 Å². The van der Waals surface area contributed by atoms with Crippen molar-refractivity contribution in [1.29, 1.82) is 0 Å². The predicted molar refractivity (Wildman–Crippen MR) is 127 cm³/mol. The number of aliphatic carboxylic acids is 2. The number of pyridine rings is 1. The highest BCUT2D eigenvalue weighted by Crippen LogP contribution is 2.33. The number of anilines is 1. The largest absolute Gasteiger partial charge is 0.491 e. The summed E-state index contributed by atoms with van der Waals surface area (Å²) in [7, 11) is 1.69. The maximum Gasteiger partial charge on any atom is 0.414 e. The molecule has 3 N–H and O–H groups in total. The van der Waals surface area contributed by atoms with Crippen molar-refractivity contribution in [2.75, 3.05) is 25.1 Å². The molecule has 1 saturated heterocycles. The van der Waals surface area contributed by atoms with E-state index >= 15 is 0 Å². The summed E-state index contributed by atoms with van der Waals surface area (Å²) in [5, 5.41) is 18.3. The molecule has 0 radical (unpaired) electrons. The van der Waals surface area contributed by atoms with E-state index in [1.807, 2.05) is 6.07 Å². The van der Waals surface area contributed by atoms with E-state index in [-0.39, 0.29) is 6.10 Å². The van der Waals surface area contributed by atoms with E-state index in [9.17, 15) is 0 Å². The van der Waals surface area contributed by atoms with Crippen molar-refractivity contribution < 1.29 is 29.3 Å². The first kappa shape index (κ1) is 25.3. The van der Waals surface area contributed by atoms with Gasteiger partial charge in [-0.15, -0.1) is 0 Å². The summed E-state index contributed by atoms with van der Waals surface area (Å²) in [5.41, 5.74) is 1.30. The zero-order valence-electron chi connectivity index (χ0n) is 19.5. The summed E-state index contributed by atoms with van der Waals surface area (Å²) in [6.07, 6.45) is 7.20. The van der Waals surface area contributed by atoms with Gasteiger partial charge in [0.15, 0.2) is 5.75 Å². The minimum atomic E-state index is -1.82. The lowest BCUT2D eigenvalue weighted by Gasteiger charge is -2.36. The molecule has 2 heterocycles. The third-order valence-corrected chi connectivity index (χ3v) is 6.03. The fourth-order valence-electron chi connectivity index (χ4n) is 4.28. The van der Waals surface area contributed by atoms with E-state index in [0.717, 1.165) is 56.9 Å². The van der Waals surface area contributed by atoms with E-state index in [2.05, 4.69) is 46.6 Å². The average molecular weight is 472 g/mol. The van der Waals surface area contributed by atoms with Crippen LogP contribution in [-0.4, -0.2) is 59.5 Å². The van der Waals surface area contributed by atoms with E-state index in [4.69, 9.17) is 34.3 Å². The minimum absolute atomic E-state index is 0.262. The third kappa shape index (κ3) is 7.34. The van der Waals surface area contributed by atoms with Crippen molar-refractivity contribution in [3.05, 3.63) is 48.0 Å².